The van der Waals surface area contributed by atoms with E-state index < -0.39 is 11.7 Å². The predicted molar refractivity (Wildman–Crippen MR) is 68.6 cm³/mol. The zero-order chi connectivity index (χ0) is 12.6. The zero-order valence-electron chi connectivity index (χ0n) is 11.0. The first-order chi connectivity index (χ1) is 7.47. The fraction of sp³-hybridized carbons (Fsp3) is 0.917. The Hall–Kier alpha value is -0.220. The van der Waals surface area contributed by atoms with E-state index in [1.807, 2.05) is 34.0 Å². The van der Waals surface area contributed by atoms with Gasteiger partial charge in [0.25, 0.3) is 0 Å². The molecular formula is C12H24O3S. The van der Waals surface area contributed by atoms with E-state index in [-0.39, 0.29) is 5.97 Å². The maximum atomic E-state index is 11.8. The van der Waals surface area contributed by atoms with E-state index in [0.717, 1.165) is 12.2 Å². The Morgan fingerprint density at radius 2 is 2.00 bits per heavy atom. The van der Waals surface area contributed by atoms with Gasteiger partial charge in [0, 0.05) is 12.2 Å². The highest BCUT2D eigenvalue weighted by Crippen LogP contribution is 2.22. The van der Waals surface area contributed by atoms with E-state index in [9.17, 15) is 4.79 Å². The Labute approximate surface area is 103 Å². The topological polar surface area (TPSA) is 35.5 Å². The van der Waals surface area contributed by atoms with Gasteiger partial charge in [0.1, 0.15) is 0 Å². The third-order valence-corrected chi connectivity index (χ3v) is 3.17. The highest BCUT2D eigenvalue weighted by molar-refractivity contribution is 7.98. The van der Waals surface area contributed by atoms with Crippen LogP contribution in [0.1, 0.15) is 40.5 Å². The summed E-state index contributed by atoms with van der Waals surface area (Å²) in [6.07, 6.45) is 3.09. The summed E-state index contributed by atoms with van der Waals surface area (Å²) < 4.78 is 10.8. The molecule has 4 heteroatoms. The maximum Gasteiger partial charge on any atom is 0.313 e. The number of hydrogen-bond acceptors (Lipinski definition) is 4. The summed E-state index contributed by atoms with van der Waals surface area (Å²) in [6, 6.07) is 0. The average Bonchev–Trinajstić information content (AvgIpc) is 2.27. The van der Waals surface area contributed by atoms with Gasteiger partial charge < -0.3 is 9.47 Å². The summed E-state index contributed by atoms with van der Waals surface area (Å²) in [7, 11) is 0. The number of thioether (sulfide) groups is 1. The third-order valence-electron chi connectivity index (χ3n) is 2.60. The molecule has 3 nitrogen and oxygen atoms in total. The largest absolute Gasteiger partial charge is 0.435 e. The van der Waals surface area contributed by atoms with Crippen LogP contribution in [0.15, 0.2) is 0 Å². The van der Waals surface area contributed by atoms with Crippen LogP contribution in [0.25, 0.3) is 0 Å². The molecule has 1 unspecified atom stereocenters. The Bertz CT molecular complexity index is 204. The molecule has 0 aliphatic carbocycles. The highest BCUT2D eigenvalue weighted by atomic mass is 32.2. The lowest BCUT2D eigenvalue weighted by Crippen LogP contribution is -2.31. The van der Waals surface area contributed by atoms with Crippen LogP contribution in [0.3, 0.4) is 0 Å². The van der Waals surface area contributed by atoms with Crippen LogP contribution in [0.4, 0.5) is 0 Å². The Morgan fingerprint density at radius 3 is 2.44 bits per heavy atom. The predicted octanol–water partition coefficient (Wildman–Crippen LogP) is 3.08. The van der Waals surface area contributed by atoms with Gasteiger partial charge in [0.05, 0.1) is 12.0 Å². The van der Waals surface area contributed by atoms with Gasteiger partial charge in [-0.05, 0) is 26.5 Å². The van der Waals surface area contributed by atoms with Gasteiger partial charge in [-0.15, -0.1) is 0 Å². The standard InChI is InChI=1S/C12H24O3S/c1-6-10(14-8-9-16-5)15-11(13)12(3,4)7-2/h10H,6-9H2,1-5H3. The molecule has 0 aliphatic heterocycles. The molecule has 16 heavy (non-hydrogen) atoms. The number of ether oxygens (including phenoxy) is 2. The van der Waals surface area contributed by atoms with Gasteiger partial charge in [-0.2, -0.15) is 11.8 Å². The van der Waals surface area contributed by atoms with Crippen LogP contribution in [0.2, 0.25) is 0 Å². The molecule has 0 aromatic heterocycles. The van der Waals surface area contributed by atoms with Crippen molar-refractivity contribution in [1.82, 2.24) is 0 Å². The van der Waals surface area contributed by atoms with Crippen molar-refractivity contribution in [2.45, 2.75) is 46.8 Å². The van der Waals surface area contributed by atoms with Crippen molar-refractivity contribution in [2.24, 2.45) is 5.41 Å². The van der Waals surface area contributed by atoms with Crippen LogP contribution in [0.5, 0.6) is 0 Å². The van der Waals surface area contributed by atoms with Crippen molar-refractivity contribution in [3.05, 3.63) is 0 Å². The first-order valence-electron chi connectivity index (χ1n) is 5.79. The molecule has 0 saturated carbocycles. The highest BCUT2D eigenvalue weighted by Gasteiger charge is 2.29. The summed E-state index contributed by atoms with van der Waals surface area (Å²) in [6.45, 7) is 8.35. The van der Waals surface area contributed by atoms with Crippen LogP contribution in [0, 0.1) is 5.41 Å². The molecular weight excluding hydrogens is 224 g/mol. The fourth-order valence-corrected chi connectivity index (χ4v) is 1.18. The Morgan fingerprint density at radius 1 is 1.38 bits per heavy atom. The van der Waals surface area contributed by atoms with Crippen molar-refractivity contribution in [2.75, 3.05) is 18.6 Å². The van der Waals surface area contributed by atoms with Crippen LogP contribution < -0.4 is 0 Å². The molecule has 0 rings (SSSR count). The first kappa shape index (κ1) is 15.8. The Kier molecular flexibility index (Phi) is 7.85. The van der Waals surface area contributed by atoms with Crippen LogP contribution in [-0.4, -0.2) is 30.9 Å². The lowest BCUT2D eigenvalue weighted by molar-refractivity contribution is -0.188. The van der Waals surface area contributed by atoms with Crippen molar-refractivity contribution in [3.63, 3.8) is 0 Å². The molecule has 0 radical (unpaired) electrons. The van der Waals surface area contributed by atoms with E-state index in [2.05, 4.69) is 0 Å². The van der Waals surface area contributed by atoms with Gasteiger partial charge >= 0.3 is 5.97 Å². The van der Waals surface area contributed by atoms with E-state index in [1.54, 1.807) is 11.8 Å². The number of carbonyl (C=O) groups is 1. The summed E-state index contributed by atoms with van der Waals surface area (Å²) >= 11 is 1.72. The van der Waals surface area contributed by atoms with Crippen molar-refractivity contribution >= 4 is 17.7 Å². The number of rotatable bonds is 8. The summed E-state index contributed by atoms with van der Waals surface area (Å²) in [5.74, 6) is 0.747. The second kappa shape index (κ2) is 7.96. The molecule has 0 bridgehead atoms. The molecule has 0 aromatic rings. The molecule has 0 spiro atoms. The smallest absolute Gasteiger partial charge is 0.313 e. The van der Waals surface area contributed by atoms with E-state index >= 15 is 0 Å². The fourth-order valence-electron chi connectivity index (χ4n) is 0.921. The molecule has 0 heterocycles. The molecule has 0 fully saturated rings. The number of esters is 1. The minimum Gasteiger partial charge on any atom is -0.435 e. The van der Waals surface area contributed by atoms with Gasteiger partial charge in [0.2, 0.25) is 6.29 Å². The molecule has 0 amide bonds. The van der Waals surface area contributed by atoms with Gasteiger partial charge in [-0.3, -0.25) is 4.79 Å². The normalized spacial score (nSPS) is 13.6. The summed E-state index contributed by atoms with van der Waals surface area (Å²) in [4.78, 5) is 11.8. The zero-order valence-corrected chi connectivity index (χ0v) is 11.9. The second-order valence-corrected chi connectivity index (χ2v) is 5.33. The Balaban J connectivity index is 4.06. The molecule has 96 valence electrons. The lowest BCUT2D eigenvalue weighted by atomic mass is 9.91. The lowest BCUT2D eigenvalue weighted by Gasteiger charge is -2.24. The van der Waals surface area contributed by atoms with Crippen LogP contribution >= 0.6 is 11.8 Å². The monoisotopic (exact) mass is 248 g/mol. The first-order valence-corrected chi connectivity index (χ1v) is 7.19. The quantitative estimate of drug-likeness (QED) is 0.376. The van der Waals surface area contributed by atoms with E-state index in [4.69, 9.17) is 9.47 Å². The minimum absolute atomic E-state index is 0.175. The minimum atomic E-state index is -0.420. The second-order valence-electron chi connectivity index (χ2n) is 4.34. The van der Waals surface area contributed by atoms with Crippen molar-refractivity contribution in [1.29, 1.82) is 0 Å². The molecule has 0 aliphatic rings. The van der Waals surface area contributed by atoms with Gasteiger partial charge in [-0.1, -0.05) is 13.8 Å². The number of hydrogen-bond donors (Lipinski definition) is 0. The van der Waals surface area contributed by atoms with Crippen molar-refractivity contribution < 1.29 is 14.3 Å². The third kappa shape index (κ3) is 5.75. The molecule has 0 N–H and O–H groups in total. The molecule has 0 saturated heterocycles. The number of carbonyl (C=O) groups excluding carboxylic acids is 1. The summed E-state index contributed by atoms with van der Waals surface area (Å²) in [5, 5.41) is 0. The molecule has 0 aromatic carbocycles. The average molecular weight is 248 g/mol. The van der Waals surface area contributed by atoms with Crippen LogP contribution in [-0.2, 0) is 14.3 Å². The molecule has 1 atom stereocenters. The van der Waals surface area contributed by atoms with E-state index in [0.29, 0.717) is 13.0 Å². The summed E-state index contributed by atoms with van der Waals surface area (Å²) in [5.41, 5.74) is -0.420. The van der Waals surface area contributed by atoms with Gasteiger partial charge in [0.15, 0.2) is 0 Å². The van der Waals surface area contributed by atoms with Gasteiger partial charge in [-0.25, -0.2) is 0 Å². The van der Waals surface area contributed by atoms with Crippen molar-refractivity contribution in [3.8, 4) is 0 Å². The SMILES string of the molecule is CCC(OCCSC)OC(=O)C(C)(C)CC. The maximum absolute atomic E-state index is 11.8. The van der Waals surface area contributed by atoms with E-state index in [1.165, 1.54) is 0 Å².